The molecule has 0 bridgehead atoms. The molecule has 1 fully saturated rings. The quantitative estimate of drug-likeness (QED) is 0.596. The lowest BCUT2D eigenvalue weighted by Gasteiger charge is -2.13. The second kappa shape index (κ2) is 8.97. The summed E-state index contributed by atoms with van der Waals surface area (Å²) >= 11 is 1.40. The van der Waals surface area contributed by atoms with Crippen molar-refractivity contribution in [1.29, 1.82) is 0 Å². The summed E-state index contributed by atoms with van der Waals surface area (Å²) in [6, 6.07) is 13.5. The maximum atomic E-state index is 12.4. The minimum atomic E-state index is -0.119. The maximum absolute atomic E-state index is 12.4. The van der Waals surface area contributed by atoms with E-state index in [2.05, 4.69) is 10.3 Å². The Kier molecular flexibility index (Phi) is 5.97. The molecule has 2 aromatic heterocycles. The van der Waals surface area contributed by atoms with Gasteiger partial charge in [0.05, 0.1) is 12.1 Å². The molecular formula is C22H23N3O2S. The molecule has 0 atom stereocenters. The third-order valence-corrected chi connectivity index (χ3v) is 5.57. The fourth-order valence-corrected chi connectivity index (χ4v) is 4.17. The van der Waals surface area contributed by atoms with Gasteiger partial charge < -0.3 is 10.1 Å². The predicted octanol–water partition coefficient (Wildman–Crippen LogP) is 5.24. The molecule has 1 aromatic carbocycles. The molecular weight excluding hydrogens is 370 g/mol. The van der Waals surface area contributed by atoms with Crippen molar-refractivity contribution < 1.29 is 9.53 Å². The van der Waals surface area contributed by atoms with Crippen molar-refractivity contribution in [2.45, 2.75) is 38.5 Å². The van der Waals surface area contributed by atoms with Crippen LogP contribution in [0, 0.1) is 5.92 Å². The molecule has 28 heavy (non-hydrogen) atoms. The number of ether oxygens (including phenoxy) is 1. The molecule has 1 N–H and O–H groups in total. The van der Waals surface area contributed by atoms with E-state index in [0.717, 1.165) is 29.3 Å². The van der Waals surface area contributed by atoms with Crippen molar-refractivity contribution in [2.24, 2.45) is 5.92 Å². The van der Waals surface area contributed by atoms with E-state index in [1.807, 2.05) is 47.8 Å². The number of carbonyl (C=O) groups is 1. The van der Waals surface area contributed by atoms with E-state index in [9.17, 15) is 4.79 Å². The Morgan fingerprint density at radius 3 is 2.64 bits per heavy atom. The van der Waals surface area contributed by atoms with Crippen molar-refractivity contribution >= 4 is 22.4 Å². The molecule has 144 valence electrons. The summed E-state index contributed by atoms with van der Waals surface area (Å²) in [6.45, 7) is 0. The number of amides is 1. The minimum absolute atomic E-state index is 0.119. The average Bonchev–Trinajstić information content (AvgIpc) is 3.36. The highest BCUT2D eigenvalue weighted by Gasteiger charge is 2.18. The second-order valence-electron chi connectivity index (χ2n) is 7.12. The van der Waals surface area contributed by atoms with Crippen molar-refractivity contribution in [3.63, 3.8) is 0 Å². The smallest absolute Gasteiger partial charge is 0.232 e. The number of hydrogen-bond acceptors (Lipinski definition) is 5. The summed E-state index contributed by atoms with van der Waals surface area (Å²) in [5.41, 5.74) is 1.72. The molecule has 0 radical (unpaired) electrons. The van der Waals surface area contributed by atoms with Crippen LogP contribution in [0.2, 0.25) is 0 Å². The van der Waals surface area contributed by atoms with Gasteiger partial charge in [0.1, 0.15) is 11.5 Å². The summed E-state index contributed by atoms with van der Waals surface area (Å²) < 4.78 is 6.03. The number of para-hydroxylation sites is 1. The van der Waals surface area contributed by atoms with Gasteiger partial charge in [-0.3, -0.25) is 9.78 Å². The van der Waals surface area contributed by atoms with E-state index in [0.29, 0.717) is 11.0 Å². The third-order valence-electron chi connectivity index (χ3n) is 4.88. The SMILES string of the molecule is O=C(Cc1cc(Oc2ccccc2)cc(CC2CCCC2)n1)Nc1nccs1. The standard InChI is InChI=1S/C22H23N3O2S/c26-21(25-22-23-10-11-28-22)15-18-14-20(27-19-8-2-1-3-9-19)13-17(24-18)12-16-6-4-5-7-16/h1-3,8-11,13-14,16H,4-7,12,15H2,(H,23,25,26). The van der Waals surface area contributed by atoms with E-state index in [4.69, 9.17) is 9.72 Å². The minimum Gasteiger partial charge on any atom is -0.457 e. The first-order chi connectivity index (χ1) is 13.7. The van der Waals surface area contributed by atoms with Gasteiger partial charge in [-0.25, -0.2) is 4.98 Å². The van der Waals surface area contributed by atoms with E-state index in [1.165, 1.54) is 37.0 Å². The van der Waals surface area contributed by atoms with Crippen LogP contribution in [0.3, 0.4) is 0 Å². The van der Waals surface area contributed by atoms with Gasteiger partial charge in [0.15, 0.2) is 5.13 Å². The van der Waals surface area contributed by atoms with E-state index >= 15 is 0 Å². The highest BCUT2D eigenvalue weighted by Crippen LogP contribution is 2.30. The summed E-state index contributed by atoms with van der Waals surface area (Å²) in [5, 5.41) is 5.26. The molecule has 1 saturated carbocycles. The van der Waals surface area contributed by atoms with Crippen LogP contribution in [0.5, 0.6) is 11.5 Å². The van der Waals surface area contributed by atoms with Gasteiger partial charge in [-0.15, -0.1) is 11.3 Å². The lowest BCUT2D eigenvalue weighted by molar-refractivity contribution is -0.115. The molecule has 2 heterocycles. The summed E-state index contributed by atoms with van der Waals surface area (Å²) in [7, 11) is 0. The molecule has 0 unspecified atom stereocenters. The Balaban J connectivity index is 1.52. The average molecular weight is 394 g/mol. The zero-order chi connectivity index (χ0) is 19.2. The van der Waals surface area contributed by atoms with E-state index < -0.39 is 0 Å². The van der Waals surface area contributed by atoms with Crippen molar-refractivity contribution in [3.05, 3.63) is 65.4 Å². The van der Waals surface area contributed by atoms with Crippen LogP contribution in [0.1, 0.15) is 37.1 Å². The number of aromatic nitrogens is 2. The van der Waals surface area contributed by atoms with Crippen LogP contribution in [0.4, 0.5) is 5.13 Å². The maximum Gasteiger partial charge on any atom is 0.232 e. The second-order valence-corrected chi connectivity index (χ2v) is 8.01. The number of benzene rings is 1. The van der Waals surface area contributed by atoms with E-state index in [-0.39, 0.29) is 12.3 Å². The molecule has 5 nitrogen and oxygen atoms in total. The van der Waals surface area contributed by atoms with Gasteiger partial charge in [0.25, 0.3) is 0 Å². The molecule has 0 saturated heterocycles. The summed E-state index contributed by atoms with van der Waals surface area (Å²) in [4.78, 5) is 21.2. The Bertz CT molecular complexity index is 907. The first-order valence-electron chi connectivity index (χ1n) is 9.67. The van der Waals surface area contributed by atoms with Gasteiger partial charge in [-0.05, 0) is 24.5 Å². The molecule has 1 amide bonds. The van der Waals surface area contributed by atoms with Crippen molar-refractivity contribution in [3.8, 4) is 11.5 Å². The molecule has 0 aliphatic heterocycles. The molecule has 1 aliphatic carbocycles. The Hall–Kier alpha value is -2.73. The van der Waals surface area contributed by atoms with Gasteiger partial charge >= 0.3 is 0 Å². The largest absolute Gasteiger partial charge is 0.457 e. The van der Waals surface area contributed by atoms with Crippen molar-refractivity contribution in [2.75, 3.05) is 5.32 Å². The fraction of sp³-hybridized carbons (Fsp3) is 0.318. The van der Waals surface area contributed by atoms with Crippen LogP contribution in [0.15, 0.2) is 54.0 Å². The summed E-state index contributed by atoms with van der Waals surface area (Å²) in [5.74, 6) is 2.06. The Labute approximate surface area is 168 Å². The molecule has 1 aliphatic rings. The van der Waals surface area contributed by atoms with Gasteiger partial charge in [-0.2, -0.15) is 0 Å². The normalized spacial score (nSPS) is 14.1. The molecule has 6 heteroatoms. The van der Waals surface area contributed by atoms with Gasteiger partial charge in [0.2, 0.25) is 5.91 Å². The number of hydrogen-bond donors (Lipinski definition) is 1. The first kappa shape index (κ1) is 18.6. The van der Waals surface area contributed by atoms with Crippen molar-refractivity contribution in [1.82, 2.24) is 9.97 Å². The van der Waals surface area contributed by atoms with Crippen LogP contribution < -0.4 is 10.1 Å². The topological polar surface area (TPSA) is 64.1 Å². The number of nitrogens with one attached hydrogen (secondary N) is 1. The van der Waals surface area contributed by atoms with E-state index in [1.54, 1.807) is 6.20 Å². The molecule has 3 aromatic rings. The number of carbonyl (C=O) groups excluding carboxylic acids is 1. The third kappa shape index (κ3) is 5.16. The van der Waals surface area contributed by atoms with Gasteiger partial charge in [-0.1, -0.05) is 43.9 Å². The fourth-order valence-electron chi connectivity index (χ4n) is 3.62. The lowest BCUT2D eigenvalue weighted by Crippen LogP contribution is -2.15. The zero-order valence-electron chi connectivity index (χ0n) is 15.6. The first-order valence-corrected chi connectivity index (χ1v) is 10.5. The number of pyridine rings is 1. The van der Waals surface area contributed by atoms with Crippen LogP contribution in [0.25, 0.3) is 0 Å². The number of anilines is 1. The number of rotatable bonds is 7. The van der Waals surface area contributed by atoms with Gasteiger partial charge in [0, 0.05) is 29.4 Å². The predicted molar refractivity (Wildman–Crippen MR) is 111 cm³/mol. The highest BCUT2D eigenvalue weighted by atomic mass is 32.1. The van der Waals surface area contributed by atoms with Crippen LogP contribution in [-0.2, 0) is 17.6 Å². The zero-order valence-corrected chi connectivity index (χ0v) is 16.5. The lowest BCUT2D eigenvalue weighted by atomic mass is 10.0. The van der Waals surface area contributed by atoms with Crippen LogP contribution >= 0.6 is 11.3 Å². The molecule has 4 rings (SSSR count). The number of nitrogens with zero attached hydrogens (tertiary/aromatic N) is 2. The Morgan fingerprint density at radius 1 is 1.11 bits per heavy atom. The number of thiazole rings is 1. The van der Waals surface area contributed by atoms with Crippen LogP contribution in [-0.4, -0.2) is 15.9 Å². The summed E-state index contributed by atoms with van der Waals surface area (Å²) in [6.07, 6.45) is 7.92. The molecule has 0 spiro atoms. The monoisotopic (exact) mass is 393 g/mol. The Morgan fingerprint density at radius 2 is 1.89 bits per heavy atom. The highest BCUT2D eigenvalue weighted by molar-refractivity contribution is 7.13.